The number of aromatic nitrogens is 2. The van der Waals surface area contributed by atoms with Crippen LogP contribution in [0, 0.1) is 6.92 Å². The maximum Gasteiger partial charge on any atom is 0.162 e. The fourth-order valence-electron chi connectivity index (χ4n) is 3.38. The zero-order chi connectivity index (χ0) is 19.5. The molecule has 0 radical (unpaired) electrons. The summed E-state index contributed by atoms with van der Waals surface area (Å²) < 4.78 is 10.8. The normalized spacial score (nSPS) is 10.8. The van der Waals surface area contributed by atoms with E-state index in [1.165, 1.54) is 22.3 Å². The summed E-state index contributed by atoms with van der Waals surface area (Å²) in [6, 6.07) is 21.0. The standard InChI is InChI=1S/C24H22N2O2/c1-16-7-9-18(10-8-16)19-6-4-5-17(11-19)12-21-20-13-23(27-2)24(28-3)14-22(20)26-15-25-21/h4-11,13-15H,12H2,1-3H3. The Balaban J connectivity index is 1.72. The zero-order valence-electron chi connectivity index (χ0n) is 16.3. The Morgan fingerprint density at radius 2 is 1.54 bits per heavy atom. The molecule has 0 bridgehead atoms. The van der Waals surface area contributed by atoms with Crippen LogP contribution in [0.3, 0.4) is 0 Å². The Bertz CT molecular complexity index is 1120. The number of aryl methyl sites for hydroxylation is 1. The van der Waals surface area contributed by atoms with E-state index in [-0.39, 0.29) is 0 Å². The maximum atomic E-state index is 5.46. The predicted octanol–water partition coefficient (Wildman–Crippen LogP) is 5.21. The topological polar surface area (TPSA) is 44.2 Å². The largest absolute Gasteiger partial charge is 0.493 e. The third kappa shape index (κ3) is 3.54. The number of hydrogen-bond acceptors (Lipinski definition) is 4. The van der Waals surface area contributed by atoms with E-state index in [4.69, 9.17) is 9.47 Å². The van der Waals surface area contributed by atoms with E-state index in [2.05, 4.69) is 65.4 Å². The minimum atomic E-state index is 0.668. The first-order valence-corrected chi connectivity index (χ1v) is 9.19. The Hall–Kier alpha value is -3.40. The average molecular weight is 370 g/mol. The van der Waals surface area contributed by atoms with Crippen LogP contribution in [-0.2, 0) is 6.42 Å². The molecule has 4 heteroatoms. The van der Waals surface area contributed by atoms with Crippen LogP contribution in [0.25, 0.3) is 22.0 Å². The number of ether oxygens (including phenoxy) is 2. The summed E-state index contributed by atoms with van der Waals surface area (Å²) in [5.74, 6) is 1.35. The zero-order valence-corrected chi connectivity index (χ0v) is 16.3. The second-order valence-corrected chi connectivity index (χ2v) is 6.79. The van der Waals surface area contributed by atoms with Gasteiger partial charge in [-0.15, -0.1) is 0 Å². The second kappa shape index (κ2) is 7.69. The second-order valence-electron chi connectivity index (χ2n) is 6.79. The first-order chi connectivity index (χ1) is 13.7. The van der Waals surface area contributed by atoms with Gasteiger partial charge in [0.2, 0.25) is 0 Å². The monoisotopic (exact) mass is 370 g/mol. The fraction of sp³-hybridized carbons (Fsp3) is 0.167. The molecule has 0 atom stereocenters. The summed E-state index contributed by atoms with van der Waals surface area (Å²) in [5, 5.41) is 0.973. The first-order valence-electron chi connectivity index (χ1n) is 9.19. The van der Waals surface area contributed by atoms with E-state index in [1.807, 2.05) is 12.1 Å². The van der Waals surface area contributed by atoms with Crippen LogP contribution >= 0.6 is 0 Å². The van der Waals surface area contributed by atoms with Crippen molar-refractivity contribution < 1.29 is 9.47 Å². The maximum absolute atomic E-state index is 5.46. The number of rotatable bonds is 5. The summed E-state index contributed by atoms with van der Waals surface area (Å²) in [6.45, 7) is 2.10. The molecule has 0 aliphatic carbocycles. The van der Waals surface area contributed by atoms with E-state index in [1.54, 1.807) is 20.5 Å². The first kappa shape index (κ1) is 18.0. The summed E-state index contributed by atoms with van der Waals surface area (Å²) in [4.78, 5) is 8.93. The quantitative estimate of drug-likeness (QED) is 0.483. The molecule has 4 aromatic rings. The Morgan fingerprint density at radius 3 is 2.29 bits per heavy atom. The number of nitrogens with zero attached hydrogens (tertiary/aromatic N) is 2. The van der Waals surface area contributed by atoms with Crippen molar-refractivity contribution in [2.24, 2.45) is 0 Å². The molecule has 0 saturated carbocycles. The number of hydrogen-bond donors (Lipinski definition) is 0. The lowest BCUT2D eigenvalue weighted by molar-refractivity contribution is 0.355. The van der Waals surface area contributed by atoms with Gasteiger partial charge >= 0.3 is 0 Å². The van der Waals surface area contributed by atoms with E-state index in [9.17, 15) is 0 Å². The van der Waals surface area contributed by atoms with Crippen molar-refractivity contribution in [3.05, 3.63) is 83.8 Å². The minimum Gasteiger partial charge on any atom is -0.493 e. The minimum absolute atomic E-state index is 0.668. The van der Waals surface area contributed by atoms with E-state index < -0.39 is 0 Å². The molecule has 0 saturated heterocycles. The summed E-state index contributed by atoms with van der Waals surface area (Å²) in [6.07, 6.45) is 2.32. The molecule has 140 valence electrons. The molecule has 4 nitrogen and oxygen atoms in total. The lowest BCUT2D eigenvalue weighted by Gasteiger charge is -2.11. The molecule has 3 aromatic carbocycles. The Morgan fingerprint density at radius 1 is 0.786 bits per heavy atom. The van der Waals surface area contributed by atoms with Crippen LogP contribution < -0.4 is 9.47 Å². The van der Waals surface area contributed by atoms with Crippen LogP contribution in [0.1, 0.15) is 16.8 Å². The average Bonchev–Trinajstić information content (AvgIpc) is 2.73. The van der Waals surface area contributed by atoms with Crippen LogP contribution in [0.2, 0.25) is 0 Å². The molecular weight excluding hydrogens is 348 g/mol. The highest BCUT2D eigenvalue weighted by Gasteiger charge is 2.11. The molecule has 0 amide bonds. The van der Waals surface area contributed by atoms with E-state index in [0.29, 0.717) is 17.9 Å². The lowest BCUT2D eigenvalue weighted by Crippen LogP contribution is -1.98. The lowest BCUT2D eigenvalue weighted by atomic mass is 9.99. The van der Waals surface area contributed by atoms with Crippen molar-refractivity contribution in [3.63, 3.8) is 0 Å². The van der Waals surface area contributed by atoms with Gasteiger partial charge in [0.15, 0.2) is 11.5 Å². The van der Waals surface area contributed by atoms with Crippen molar-refractivity contribution in [3.8, 4) is 22.6 Å². The van der Waals surface area contributed by atoms with Crippen molar-refractivity contribution in [2.45, 2.75) is 13.3 Å². The smallest absolute Gasteiger partial charge is 0.162 e. The van der Waals surface area contributed by atoms with Crippen LogP contribution in [0.15, 0.2) is 67.0 Å². The van der Waals surface area contributed by atoms with Gasteiger partial charge in [0.05, 0.1) is 25.4 Å². The van der Waals surface area contributed by atoms with Crippen molar-refractivity contribution >= 4 is 10.9 Å². The predicted molar refractivity (Wildman–Crippen MR) is 112 cm³/mol. The highest BCUT2D eigenvalue weighted by molar-refractivity contribution is 5.85. The molecule has 28 heavy (non-hydrogen) atoms. The van der Waals surface area contributed by atoms with Gasteiger partial charge in [0, 0.05) is 17.9 Å². The number of benzene rings is 3. The van der Waals surface area contributed by atoms with Crippen molar-refractivity contribution in [2.75, 3.05) is 14.2 Å². The molecule has 0 spiro atoms. The third-order valence-electron chi connectivity index (χ3n) is 4.91. The third-order valence-corrected chi connectivity index (χ3v) is 4.91. The molecule has 0 aliphatic heterocycles. The SMILES string of the molecule is COc1cc2ncnc(Cc3cccc(-c4ccc(C)cc4)c3)c2cc1OC. The Kier molecular flexibility index (Phi) is 4.94. The molecule has 0 N–H and O–H groups in total. The van der Waals surface area contributed by atoms with E-state index in [0.717, 1.165) is 16.6 Å². The molecule has 1 heterocycles. The van der Waals surface area contributed by atoms with Crippen LogP contribution in [0.4, 0.5) is 0 Å². The fourth-order valence-corrected chi connectivity index (χ4v) is 3.38. The molecule has 0 fully saturated rings. The molecule has 0 unspecified atom stereocenters. The number of fused-ring (bicyclic) bond motifs is 1. The summed E-state index contributed by atoms with van der Waals surface area (Å²) >= 11 is 0. The number of methoxy groups -OCH3 is 2. The van der Waals surface area contributed by atoms with Gasteiger partial charge in [-0.1, -0.05) is 54.1 Å². The van der Waals surface area contributed by atoms with E-state index >= 15 is 0 Å². The Labute approximate surface area is 164 Å². The summed E-state index contributed by atoms with van der Waals surface area (Å²) in [7, 11) is 3.26. The van der Waals surface area contributed by atoms with Gasteiger partial charge in [-0.3, -0.25) is 0 Å². The molecular formula is C24H22N2O2. The van der Waals surface area contributed by atoms with Gasteiger partial charge in [-0.25, -0.2) is 9.97 Å². The molecule has 4 rings (SSSR count). The van der Waals surface area contributed by atoms with Gasteiger partial charge in [0.25, 0.3) is 0 Å². The van der Waals surface area contributed by atoms with Crippen LogP contribution in [0.5, 0.6) is 11.5 Å². The van der Waals surface area contributed by atoms with Gasteiger partial charge in [-0.2, -0.15) is 0 Å². The van der Waals surface area contributed by atoms with Gasteiger partial charge in [-0.05, 0) is 29.7 Å². The van der Waals surface area contributed by atoms with Gasteiger partial charge in [0.1, 0.15) is 6.33 Å². The highest BCUT2D eigenvalue weighted by Crippen LogP contribution is 2.33. The van der Waals surface area contributed by atoms with Crippen molar-refractivity contribution in [1.29, 1.82) is 0 Å². The van der Waals surface area contributed by atoms with Crippen LogP contribution in [-0.4, -0.2) is 24.2 Å². The summed E-state index contributed by atoms with van der Waals surface area (Å²) in [5.41, 5.74) is 6.69. The van der Waals surface area contributed by atoms with Gasteiger partial charge < -0.3 is 9.47 Å². The van der Waals surface area contributed by atoms with Crippen molar-refractivity contribution in [1.82, 2.24) is 9.97 Å². The molecule has 1 aromatic heterocycles. The highest BCUT2D eigenvalue weighted by atomic mass is 16.5. The molecule has 0 aliphatic rings.